The molecular weight excluding hydrogens is 204 g/mol. The highest BCUT2D eigenvalue weighted by molar-refractivity contribution is 6.38. The summed E-state index contributed by atoms with van der Waals surface area (Å²) in [4.78, 5) is 7.41. The zero-order chi connectivity index (χ0) is 11.1. The molecule has 6 heteroatoms. The van der Waals surface area contributed by atoms with Gasteiger partial charge in [0.25, 0.3) is 0 Å². The van der Waals surface area contributed by atoms with Crippen molar-refractivity contribution >= 4 is 24.3 Å². The Morgan fingerprint density at radius 1 is 1.00 bits per heavy atom. The second kappa shape index (κ2) is 3.22. The Labute approximate surface area is 84.6 Å². The van der Waals surface area contributed by atoms with Crippen molar-refractivity contribution in [3.8, 4) is 0 Å². The van der Waals surface area contributed by atoms with Crippen LogP contribution >= 0.6 is 0 Å². The van der Waals surface area contributed by atoms with Crippen molar-refractivity contribution in [1.29, 1.82) is 0 Å². The highest BCUT2D eigenvalue weighted by atomic mass is 19.4. The molecule has 0 aliphatic carbocycles. The van der Waals surface area contributed by atoms with E-state index in [4.69, 9.17) is 7.85 Å². The lowest BCUT2D eigenvalue weighted by Crippen LogP contribution is -2.13. The molecule has 1 heterocycles. The molecule has 1 aromatic carbocycles. The van der Waals surface area contributed by atoms with E-state index in [1.54, 1.807) is 0 Å². The Kier molecular flexibility index (Phi) is 2.14. The van der Waals surface area contributed by atoms with Crippen molar-refractivity contribution in [3.05, 3.63) is 30.1 Å². The van der Waals surface area contributed by atoms with Crippen LogP contribution in [0, 0.1) is 0 Å². The maximum Gasteiger partial charge on any atom is 0.418 e. The molecule has 0 N–H and O–H groups in total. The molecule has 2 nitrogen and oxygen atoms in total. The molecule has 0 spiro atoms. The third-order valence-electron chi connectivity index (χ3n) is 1.96. The van der Waals surface area contributed by atoms with Gasteiger partial charge in [0.1, 0.15) is 13.4 Å². The number of fused-ring (bicyclic) bond motifs is 1. The van der Waals surface area contributed by atoms with E-state index >= 15 is 0 Å². The number of halogens is 3. The lowest BCUT2D eigenvalue weighted by Gasteiger charge is -2.10. The minimum Gasteiger partial charge on any atom is -0.254 e. The van der Waals surface area contributed by atoms with Gasteiger partial charge in [0.2, 0.25) is 0 Å². The van der Waals surface area contributed by atoms with E-state index in [0.717, 1.165) is 6.07 Å². The first-order valence-electron chi connectivity index (χ1n) is 4.06. The monoisotopic (exact) mass is 208 g/mol. The second-order valence-corrected chi connectivity index (χ2v) is 2.95. The molecule has 0 amide bonds. The van der Waals surface area contributed by atoms with Crippen molar-refractivity contribution < 1.29 is 13.2 Å². The van der Waals surface area contributed by atoms with Crippen LogP contribution in [0.1, 0.15) is 5.56 Å². The van der Waals surface area contributed by atoms with E-state index in [1.165, 1.54) is 18.5 Å². The van der Waals surface area contributed by atoms with E-state index in [-0.39, 0.29) is 16.5 Å². The van der Waals surface area contributed by atoms with Gasteiger partial charge in [-0.25, -0.2) is 0 Å². The fourth-order valence-electron chi connectivity index (χ4n) is 1.31. The standard InChI is InChI=1S/C9H4BF3N2/c10-6-2-1-5(9(11,12)13)7-8(6)15-4-3-14-7/h1-4H. The fourth-order valence-corrected chi connectivity index (χ4v) is 1.31. The molecule has 0 atom stereocenters. The zero-order valence-corrected chi connectivity index (χ0v) is 7.42. The first kappa shape index (κ1) is 9.95. The third-order valence-corrected chi connectivity index (χ3v) is 1.96. The molecule has 0 saturated carbocycles. The topological polar surface area (TPSA) is 25.8 Å². The molecule has 2 rings (SSSR count). The average Bonchev–Trinajstić information content (AvgIpc) is 2.17. The predicted octanol–water partition coefficient (Wildman–Crippen LogP) is 1.44. The summed E-state index contributed by atoms with van der Waals surface area (Å²) in [7, 11) is 5.50. The first-order chi connectivity index (χ1) is 7.00. The number of nitrogens with zero attached hydrogens (tertiary/aromatic N) is 2. The maximum atomic E-state index is 12.5. The SMILES string of the molecule is [B]c1ccc(C(F)(F)F)c2nccnc12. The molecule has 0 aliphatic heterocycles. The predicted molar refractivity (Wildman–Crippen MR) is 49.9 cm³/mol. The number of rotatable bonds is 0. The highest BCUT2D eigenvalue weighted by Crippen LogP contribution is 2.32. The molecule has 15 heavy (non-hydrogen) atoms. The molecule has 1 aromatic heterocycles. The van der Waals surface area contributed by atoms with Gasteiger partial charge in [-0.15, -0.1) is 0 Å². The summed E-state index contributed by atoms with van der Waals surface area (Å²) in [6.45, 7) is 0. The van der Waals surface area contributed by atoms with Gasteiger partial charge in [-0.1, -0.05) is 11.5 Å². The Balaban J connectivity index is 2.84. The smallest absolute Gasteiger partial charge is 0.254 e. The van der Waals surface area contributed by atoms with Crippen molar-refractivity contribution in [2.75, 3.05) is 0 Å². The number of aromatic nitrogens is 2. The molecule has 0 aliphatic rings. The van der Waals surface area contributed by atoms with Crippen molar-refractivity contribution in [2.24, 2.45) is 0 Å². The van der Waals surface area contributed by atoms with E-state index in [0.29, 0.717) is 0 Å². The van der Waals surface area contributed by atoms with Crippen molar-refractivity contribution in [3.63, 3.8) is 0 Å². The quantitative estimate of drug-likeness (QED) is 0.612. The number of hydrogen-bond donors (Lipinski definition) is 0. The summed E-state index contributed by atoms with van der Waals surface area (Å²) >= 11 is 0. The van der Waals surface area contributed by atoms with Crippen LogP contribution in [0.5, 0.6) is 0 Å². The van der Waals surface area contributed by atoms with Gasteiger partial charge in [0.05, 0.1) is 11.1 Å². The largest absolute Gasteiger partial charge is 0.418 e. The first-order valence-corrected chi connectivity index (χ1v) is 4.06. The van der Waals surface area contributed by atoms with E-state index in [1.807, 2.05) is 0 Å². The molecule has 2 radical (unpaired) electrons. The molecule has 0 unspecified atom stereocenters. The molecule has 2 aromatic rings. The van der Waals surface area contributed by atoms with Crippen LogP contribution in [0.4, 0.5) is 13.2 Å². The average molecular weight is 208 g/mol. The van der Waals surface area contributed by atoms with Crippen molar-refractivity contribution in [2.45, 2.75) is 6.18 Å². The van der Waals surface area contributed by atoms with Gasteiger partial charge in [-0.05, 0) is 6.07 Å². The highest BCUT2D eigenvalue weighted by Gasteiger charge is 2.33. The molecular formula is C9H4BF3N2. The second-order valence-electron chi connectivity index (χ2n) is 2.95. The summed E-state index contributed by atoms with van der Waals surface area (Å²) in [5.41, 5.74) is -0.775. The minimum absolute atomic E-state index is 0.0762. The van der Waals surface area contributed by atoms with Crippen LogP contribution in [0.15, 0.2) is 24.5 Å². The van der Waals surface area contributed by atoms with Crippen LogP contribution < -0.4 is 5.46 Å². The minimum atomic E-state index is -4.44. The molecule has 74 valence electrons. The third kappa shape index (κ3) is 1.67. The fraction of sp³-hybridized carbons (Fsp3) is 0.111. The van der Waals surface area contributed by atoms with Crippen LogP contribution in [0.25, 0.3) is 11.0 Å². The Morgan fingerprint density at radius 2 is 1.60 bits per heavy atom. The Morgan fingerprint density at radius 3 is 2.20 bits per heavy atom. The maximum absolute atomic E-state index is 12.5. The van der Waals surface area contributed by atoms with Crippen LogP contribution in [-0.2, 0) is 6.18 Å². The van der Waals surface area contributed by atoms with Gasteiger partial charge in [0.15, 0.2) is 0 Å². The van der Waals surface area contributed by atoms with Gasteiger partial charge in [-0.3, -0.25) is 9.97 Å². The number of hydrogen-bond acceptors (Lipinski definition) is 2. The summed E-state index contributed by atoms with van der Waals surface area (Å²) in [6.07, 6.45) is -1.93. The van der Waals surface area contributed by atoms with E-state index in [2.05, 4.69) is 9.97 Å². The van der Waals surface area contributed by atoms with Gasteiger partial charge >= 0.3 is 6.18 Å². The van der Waals surface area contributed by atoms with Crippen molar-refractivity contribution in [1.82, 2.24) is 9.97 Å². The van der Waals surface area contributed by atoms with Crippen LogP contribution in [0.2, 0.25) is 0 Å². The van der Waals surface area contributed by atoms with E-state index in [9.17, 15) is 13.2 Å². The Hall–Kier alpha value is -1.59. The normalized spacial score (nSPS) is 11.9. The van der Waals surface area contributed by atoms with Crippen LogP contribution in [-0.4, -0.2) is 17.8 Å². The summed E-state index contributed by atoms with van der Waals surface area (Å²) in [5.74, 6) is 0. The number of alkyl halides is 3. The van der Waals surface area contributed by atoms with Gasteiger partial charge in [-0.2, -0.15) is 13.2 Å². The lowest BCUT2D eigenvalue weighted by molar-refractivity contribution is -0.136. The summed E-state index contributed by atoms with van der Waals surface area (Å²) < 4.78 is 37.6. The van der Waals surface area contributed by atoms with Gasteiger partial charge in [0, 0.05) is 12.4 Å². The summed E-state index contributed by atoms with van der Waals surface area (Å²) in [5, 5.41) is 0. The van der Waals surface area contributed by atoms with Crippen LogP contribution in [0.3, 0.4) is 0 Å². The summed E-state index contributed by atoms with van der Waals surface area (Å²) in [6, 6.07) is 2.09. The van der Waals surface area contributed by atoms with Gasteiger partial charge < -0.3 is 0 Å². The zero-order valence-electron chi connectivity index (χ0n) is 7.42. The number of benzene rings is 1. The molecule has 0 fully saturated rings. The van der Waals surface area contributed by atoms with E-state index < -0.39 is 11.7 Å². The lowest BCUT2D eigenvalue weighted by atomic mass is 9.92. The Bertz CT molecular complexity index is 510. The molecule has 0 bridgehead atoms. The molecule has 0 saturated heterocycles.